The molecule has 1 N–H and O–H groups in total. The van der Waals surface area contributed by atoms with Crippen LogP contribution in [-0.2, 0) is 11.3 Å². The molecular formula is C7H10FN3O2. The third-order valence-corrected chi connectivity index (χ3v) is 1.76. The summed E-state index contributed by atoms with van der Waals surface area (Å²) in [5.41, 5.74) is 0.421. The van der Waals surface area contributed by atoms with Crippen LogP contribution in [0.5, 0.6) is 0 Å². The molecule has 6 heteroatoms. The fraction of sp³-hybridized carbons (Fsp3) is 0.571. The quantitative estimate of drug-likeness (QED) is 0.742. The third-order valence-electron chi connectivity index (χ3n) is 1.76. The number of aryl methyl sites for hydroxylation is 1. The van der Waals surface area contributed by atoms with Crippen LogP contribution in [0.2, 0.25) is 0 Å². The third kappa shape index (κ3) is 2.01. The highest BCUT2D eigenvalue weighted by atomic mass is 19.1. The molecule has 0 radical (unpaired) electrons. The van der Waals surface area contributed by atoms with Gasteiger partial charge >= 0.3 is 5.97 Å². The van der Waals surface area contributed by atoms with Crippen LogP contribution < -0.4 is 0 Å². The number of alkyl halides is 1. The lowest BCUT2D eigenvalue weighted by Crippen LogP contribution is -2.14. The SMILES string of the molecule is CC(C(=O)O)c1cnnn1CCF. The molecule has 1 rings (SSSR count). The fourth-order valence-corrected chi connectivity index (χ4v) is 0.981. The van der Waals surface area contributed by atoms with Gasteiger partial charge in [-0.2, -0.15) is 0 Å². The number of carbonyl (C=O) groups is 1. The second-order valence-electron chi connectivity index (χ2n) is 2.63. The first-order chi connectivity index (χ1) is 6.16. The number of rotatable bonds is 4. The highest BCUT2D eigenvalue weighted by molar-refractivity contribution is 5.74. The summed E-state index contributed by atoms with van der Waals surface area (Å²) in [4.78, 5) is 10.6. The van der Waals surface area contributed by atoms with E-state index in [1.807, 2.05) is 0 Å². The first-order valence-corrected chi connectivity index (χ1v) is 3.84. The van der Waals surface area contributed by atoms with Crippen LogP contribution in [-0.4, -0.2) is 32.7 Å². The van der Waals surface area contributed by atoms with Gasteiger partial charge in [-0.05, 0) is 6.92 Å². The Morgan fingerprint density at radius 3 is 3.08 bits per heavy atom. The maximum absolute atomic E-state index is 12.0. The van der Waals surface area contributed by atoms with Crippen LogP contribution in [0.1, 0.15) is 18.5 Å². The predicted molar refractivity (Wildman–Crippen MR) is 42.0 cm³/mol. The maximum atomic E-state index is 12.0. The van der Waals surface area contributed by atoms with Crippen molar-refractivity contribution in [3.63, 3.8) is 0 Å². The summed E-state index contributed by atoms with van der Waals surface area (Å²) in [5.74, 6) is -1.68. The van der Waals surface area contributed by atoms with Crippen LogP contribution in [0.4, 0.5) is 4.39 Å². The largest absolute Gasteiger partial charge is 0.481 e. The van der Waals surface area contributed by atoms with Gasteiger partial charge in [0.25, 0.3) is 0 Å². The Hall–Kier alpha value is -1.46. The lowest BCUT2D eigenvalue weighted by molar-refractivity contribution is -0.138. The van der Waals surface area contributed by atoms with E-state index in [9.17, 15) is 9.18 Å². The van der Waals surface area contributed by atoms with Gasteiger partial charge in [-0.25, -0.2) is 9.07 Å². The van der Waals surface area contributed by atoms with Crippen LogP contribution in [0, 0.1) is 0 Å². The summed E-state index contributed by atoms with van der Waals surface area (Å²) < 4.78 is 13.2. The molecule has 1 atom stereocenters. The zero-order chi connectivity index (χ0) is 9.84. The number of hydrogen-bond acceptors (Lipinski definition) is 3. The molecule has 1 aromatic rings. The molecule has 5 nitrogen and oxygen atoms in total. The van der Waals surface area contributed by atoms with Crippen molar-refractivity contribution in [3.8, 4) is 0 Å². The Balaban J connectivity index is 2.86. The first kappa shape index (κ1) is 9.63. The number of aliphatic carboxylic acids is 1. The summed E-state index contributed by atoms with van der Waals surface area (Å²) >= 11 is 0. The molecule has 0 bridgehead atoms. The molecule has 1 aromatic heterocycles. The molecule has 72 valence electrons. The van der Waals surface area contributed by atoms with Gasteiger partial charge in [0.15, 0.2) is 0 Å². The van der Waals surface area contributed by atoms with Gasteiger partial charge in [0.05, 0.1) is 24.4 Å². The summed E-state index contributed by atoms with van der Waals surface area (Å²) in [6.07, 6.45) is 1.34. The summed E-state index contributed by atoms with van der Waals surface area (Å²) in [6.45, 7) is 0.978. The van der Waals surface area contributed by atoms with Crippen molar-refractivity contribution in [1.29, 1.82) is 0 Å². The lowest BCUT2D eigenvalue weighted by atomic mass is 10.1. The topological polar surface area (TPSA) is 68.0 Å². The van der Waals surface area contributed by atoms with Crippen LogP contribution >= 0.6 is 0 Å². The predicted octanol–water partition coefficient (Wildman–Crippen LogP) is 0.436. The smallest absolute Gasteiger partial charge is 0.312 e. The molecule has 13 heavy (non-hydrogen) atoms. The van der Waals surface area contributed by atoms with Crippen molar-refractivity contribution in [2.45, 2.75) is 19.4 Å². The van der Waals surface area contributed by atoms with E-state index in [-0.39, 0.29) is 6.54 Å². The van der Waals surface area contributed by atoms with Crippen molar-refractivity contribution in [2.75, 3.05) is 6.67 Å². The Labute approximate surface area is 74.2 Å². The molecule has 0 fully saturated rings. The first-order valence-electron chi connectivity index (χ1n) is 3.84. The monoisotopic (exact) mass is 187 g/mol. The molecule has 0 aliphatic rings. The fourth-order valence-electron chi connectivity index (χ4n) is 0.981. The number of nitrogens with zero attached hydrogens (tertiary/aromatic N) is 3. The molecule has 0 saturated heterocycles. The normalized spacial score (nSPS) is 12.8. The van der Waals surface area contributed by atoms with E-state index in [0.717, 1.165) is 0 Å². The molecule has 0 aliphatic carbocycles. The molecular weight excluding hydrogens is 177 g/mol. The van der Waals surface area contributed by atoms with Crippen molar-refractivity contribution >= 4 is 5.97 Å². The summed E-state index contributed by atoms with van der Waals surface area (Å²) in [7, 11) is 0. The highest BCUT2D eigenvalue weighted by Gasteiger charge is 2.18. The Morgan fingerprint density at radius 1 is 1.85 bits per heavy atom. The van der Waals surface area contributed by atoms with E-state index in [1.165, 1.54) is 17.8 Å². The van der Waals surface area contributed by atoms with Crippen LogP contribution in [0.25, 0.3) is 0 Å². The van der Waals surface area contributed by atoms with E-state index in [1.54, 1.807) is 0 Å². The molecule has 0 amide bonds. The van der Waals surface area contributed by atoms with Crippen LogP contribution in [0.3, 0.4) is 0 Å². The molecule has 1 heterocycles. The van der Waals surface area contributed by atoms with E-state index in [2.05, 4.69) is 10.3 Å². The average Bonchev–Trinajstić information content (AvgIpc) is 2.52. The number of halogens is 1. The minimum absolute atomic E-state index is 0.0486. The Morgan fingerprint density at radius 2 is 2.54 bits per heavy atom. The van der Waals surface area contributed by atoms with Crippen molar-refractivity contribution < 1.29 is 14.3 Å². The van der Waals surface area contributed by atoms with Gasteiger partial charge in [-0.3, -0.25) is 4.79 Å². The second kappa shape index (κ2) is 3.97. The van der Waals surface area contributed by atoms with Gasteiger partial charge < -0.3 is 5.11 Å². The van der Waals surface area contributed by atoms with E-state index in [0.29, 0.717) is 5.69 Å². The van der Waals surface area contributed by atoms with Gasteiger partial charge in [-0.15, -0.1) is 5.10 Å². The van der Waals surface area contributed by atoms with Crippen molar-refractivity contribution in [3.05, 3.63) is 11.9 Å². The zero-order valence-corrected chi connectivity index (χ0v) is 7.14. The van der Waals surface area contributed by atoms with Gasteiger partial charge in [-0.1, -0.05) is 5.21 Å². The van der Waals surface area contributed by atoms with E-state index < -0.39 is 18.6 Å². The molecule has 0 saturated carbocycles. The minimum atomic E-state index is -0.970. The van der Waals surface area contributed by atoms with Crippen molar-refractivity contribution in [2.24, 2.45) is 0 Å². The summed E-state index contributed by atoms with van der Waals surface area (Å²) in [5, 5.41) is 15.8. The van der Waals surface area contributed by atoms with Crippen LogP contribution in [0.15, 0.2) is 6.20 Å². The number of carboxylic acids is 1. The van der Waals surface area contributed by atoms with E-state index in [4.69, 9.17) is 5.11 Å². The lowest BCUT2D eigenvalue weighted by Gasteiger charge is -2.06. The number of carboxylic acid groups (broad SMARTS) is 1. The average molecular weight is 187 g/mol. The number of hydrogen-bond donors (Lipinski definition) is 1. The molecule has 1 unspecified atom stereocenters. The number of aromatic nitrogens is 3. The maximum Gasteiger partial charge on any atom is 0.312 e. The van der Waals surface area contributed by atoms with E-state index >= 15 is 0 Å². The van der Waals surface area contributed by atoms with Gasteiger partial charge in [0.1, 0.15) is 6.67 Å². The molecule has 0 spiro atoms. The molecule has 0 aromatic carbocycles. The molecule has 0 aliphatic heterocycles. The Bertz CT molecular complexity index is 300. The zero-order valence-electron chi connectivity index (χ0n) is 7.14. The minimum Gasteiger partial charge on any atom is -0.481 e. The van der Waals surface area contributed by atoms with Crippen molar-refractivity contribution in [1.82, 2.24) is 15.0 Å². The van der Waals surface area contributed by atoms with Gasteiger partial charge in [0, 0.05) is 0 Å². The van der Waals surface area contributed by atoms with Gasteiger partial charge in [0.2, 0.25) is 0 Å². The second-order valence-corrected chi connectivity index (χ2v) is 2.63. The Kier molecular flexibility index (Phi) is 2.94. The summed E-state index contributed by atoms with van der Waals surface area (Å²) in [6, 6.07) is 0. The standard InChI is InChI=1S/C7H10FN3O2/c1-5(7(12)13)6-4-9-10-11(6)3-2-8/h4-5H,2-3H2,1H3,(H,12,13). The highest BCUT2D eigenvalue weighted by Crippen LogP contribution is 2.13.